The van der Waals surface area contributed by atoms with Crippen LogP contribution in [0.3, 0.4) is 0 Å². The molecule has 3 N–H and O–H groups in total. The molecule has 0 atom stereocenters. The lowest BCUT2D eigenvalue weighted by Crippen LogP contribution is -2.46. The number of carbonyl (C=O) groups excluding carboxylic acids is 3. The number of anilines is 3. The van der Waals surface area contributed by atoms with E-state index in [0.717, 1.165) is 0 Å². The molecule has 4 amide bonds. The highest BCUT2D eigenvalue weighted by Crippen LogP contribution is 2.16. The molecule has 0 aromatic heterocycles. The zero-order valence-electron chi connectivity index (χ0n) is 18.3. The minimum absolute atomic E-state index is 0.146. The Morgan fingerprint density at radius 3 is 2.09 bits per heavy atom. The normalized spacial score (nSPS) is 10.2. The van der Waals surface area contributed by atoms with Gasteiger partial charge >= 0.3 is 6.03 Å². The van der Waals surface area contributed by atoms with Crippen molar-refractivity contribution in [2.75, 3.05) is 35.3 Å². The average Bonchev–Trinajstić information content (AvgIpc) is 2.86. The van der Waals surface area contributed by atoms with Gasteiger partial charge in [0.15, 0.2) is 0 Å². The number of likely N-dealkylation sites (N-methyl/N-ethyl adjacent to an activating group) is 1. The first-order chi connectivity index (χ1) is 16.0. The third-order valence-corrected chi connectivity index (χ3v) is 4.95. The van der Waals surface area contributed by atoms with Gasteiger partial charge < -0.3 is 25.5 Å². The second kappa shape index (κ2) is 11.4. The molecular formula is C25H26N4O4. The molecule has 170 valence electrons. The van der Waals surface area contributed by atoms with Crippen LogP contribution in [0.1, 0.15) is 5.56 Å². The molecule has 3 aromatic carbocycles. The van der Waals surface area contributed by atoms with E-state index in [9.17, 15) is 19.5 Å². The third-order valence-electron chi connectivity index (χ3n) is 4.95. The van der Waals surface area contributed by atoms with Gasteiger partial charge in [0.05, 0.1) is 13.2 Å². The Bertz CT molecular complexity index is 1090. The van der Waals surface area contributed by atoms with Crippen molar-refractivity contribution in [3.63, 3.8) is 0 Å². The van der Waals surface area contributed by atoms with Crippen LogP contribution in [0.15, 0.2) is 84.9 Å². The first kappa shape index (κ1) is 23.5. The molecule has 0 heterocycles. The molecular weight excluding hydrogens is 420 g/mol. The highest BCUT2D eigenvalue weighted by molar-refractivity contribution is 6.05. The first-order valence-electron chi connectivity index (χ1n) is 10.4. The van der Waals surface area contributed by atoms with E-state index in [0.29, 0.717) is 22.6 Å². The summed E-state index contributed by atoms with van der Waals surface area (Å²) in [4.78, 5) is 40.9. The monoisotopic (exact) mass is 446 g/mol. The fourth-order valence-corrected chi connectivity index (χ4v) is 3.14. The quantitative estimate of drug-likeness (QED) is 0.495. The van der Waals surface area contributed by atoms with Crippen LogP contribution in [-0.4, -0.2) is 43.1 Å². The van der Waals surface area contributed by atoms with E-state index in [1.807, 2.05) is 36.4 Å². The maximum absolute atomic E-state index is 13.0. The van der Waals surface area contributed by atoms with E-state index in [1.165, 1.54) is 9.80 Å². The van der Waals surface area contributed by atoms with Gasteiger partial charge in [-0.1, -0.05) is 48.5 Å². The Morgan fingerprint density at radius 2 is 1.45 bits per heavy atom. The summed E-state index contributed by atoms with van der Waals surface area (Å²) in [6.45, 7) is -0.633. The van der Waals surface area contributed by atoms with Crippen molar-refractivity contribution >= 4 is 34.9 Å². The van der Waals surface area contributed by atoms with Gasteiger partial charge in [0.25, 0.3) is 0 Å². The SMILES string of the molecule is CN(C(=O)CN(C(=O)CNC(=O)Nc1cccc(CO)c1)c1ccccc1)c1ccccc1. The van der Waals surface area contributed by atoms with Gasteiger partial charge in [-0.2, -0.15) is 0 Å². The first-order valence-corrected chi connectivity index (χ1v) is 10.4. The fourth-order valence-electron chi connectivity index (χ4n) is 3.14. The summed E-state index contributed by atoms with van der Waals surface area (Å²) >= 11 is 0. The summed E-state index contributed by atoms with van der Waals surface area (Å²) in [7, 11) is 1.65. The Labute approximate surface area is 192 Å². The molecule has 0 aliphatic carbocycles. The van der Waals surface area contributed by atoms with Crippen molar-refractivity contribution in [2.24, 2.45) is 0 Å². The predicted molar refractivity (Wildman–Crippen MR) is 128 cm³/mol. The summed E-state index contributed by atoms with van der Waals surface area (Å²) in [5, 5.41) is 14.4. The lowest BCUT2D eigenvalue weighted by molar-refractivity contribution is -0.121. The zero-order valence-corrected chi connectivity index (χ0v) is 18.3. The van der Waals surface area contributed by atoms with Crippen LogP contribution in [0.2, 0.25) is 0 Å². The lowest BCUT2D eigenvalue weighted by atomic mass is 10.2. The van der Waals surface area contributed by atoms with E-state index < -0.39 is 11.9 Å². The molecule has 0 radical (unpaired) electrons. The summed E-state index contributed by atoms with van der Waals surface area (Å²) in [6, 6.07) is 24.1. The van der Waals surface area contributed by atoms with Crippen molar-refractivity contribution in [3.05, 3.63) is 90.5 Å². The number of amides is 4. The minimum Gasteiger partial charge on any atom is -0.392 e. The highest BCUT2D eigenvalue weighted by atomic mass is 16.3. The molecule has 0 saturated carbocycles. The van der Waals surface area contributed by atoms with Gasteiger partial charge in [-0.05, 0) is 42.0 Å². The molecule has 33 heavy (non-hydrogen) atoms. The minimum atomic E-state index is -0.570. The van der Waals surface area contributed by atoms with Crippen LogP contribution in [0.4, 0.5) is 21.9 Å². The van der Waals surface area contributed by atoms with Crippen LogP contribution in [0.5, 0.6) is 0 Å². The number of benzene rings is 3. The Hall–Kier alpha value is -4.17. The molecule has 0 spiro atoms. The number of aliphatic hydroxyl groups excluding tert-OH is 1. The van der Waals surface area contributed by atoms with Crippen LogP contribution >= 0.6 is 0 Å². The van der Waals surface area contributed by atoms with Crippen molar-refractivity contribution in [1.82, 2.24) is 5.32 Å². The second-order valence-corrected chi connectivity index (χ2v) is 7.27. The van der Waals surface area contributed by atoms with Crippen molar-refractivity contribution in [2.45, 2.75) is 6.61 Å². The lowest BCUT2D eigenvalue weighted by Gasteiger charge is -2.25. The van der Waals surface area contributed by atoms with E-state index >= 15 is 0 Å². The Balaban J connectivity index is 1.65. The summed E-state index contributed by atoms with van der Waals surface area (Å²) in [5.41, 5.74) is 2.41. The number of nitrogens with one attached hydrogen (secondary N) is 2. The number of urea groups is 1. The average molecular weight is 447 g/mol. The predicted octanol–water partition coefficient (Wildman–Crippen LogP) is 3.00. The summed E-state index contributed by atoms with van der Waals surface area (Å²) in [6.07, 6.45) is 0. The van der Waals surface area contributed by atoms with Crippen LogP contribution in [-0.2, 0) is 16.2 Å². The van der Waals surface area contributed by atoms with Gasteiger partial charge in [0, 0.05) is 24.1 Å². The zero-order chi connectivity index (χ0) is 23.6. The fraction of sp³-hybridized carbons (Fsp3) is 0.160. The second-order valence-electron chi connectivity index (χ2n) is 7.27. The molecule has 0 unspecified atom stereocenters. The smallest absolute Gasteiger partial charge is 0.319 e. The van der Waals surface area contributed by atoms with Crippen LogP contribution < -0.4 is 20.4 Å². The largest absolute Gasteiger partial charge is 0.392 e. The number of para-hydroxylation sites is 2. The molecule has 0 fully saturated rings. The molecule has 3 aromatic rings. The van der Waals surface area contributed by atoms with Gasteiger partial charge in [0.2, 0.25) is 11.8 Å². The molecule has 8 nitrogen and oxygen atoms in total. The molecule has 0 saturated heterocycles. The van der Waals surface area contributed by atoms with E-state index in [4.69, 9.17) is 0 Å². The number of aliphatic hydroxyl groups is 1. The maximum atomic E-state index is 13.0. The molecule has 0 aliphatic rings. The number of hydrogen-bond acceptors (Lipinski definition) is 4. The Kier molecular flexibility index (Phi) is 8.15. The topological polar surface area (TPSA) is 102 Å². The van der Waals surface area contributed by atoms with E-state index in [2.05, 4.69) is 10.6 Å². The number of rotatable bonds is 8. The molecule has 3 rings (SSSR count). The van der Waals surface area contributed by atoms with Crippen LogP contribution in [0.25, 0.3) is 0 Å². The molecule has 0 aliphatic heterocycles. The van der Waals surface area contributed by atoms with Crippen molar-refractivity contribution in [1.29, 1.82) is 0 Å². The van der Waals surface area contributed by atoms with Gasteiger partial charge in [-0.3, -0.25) is 9.59 Å². The number of carbonyl (C=O) groups is 3. The van der Waals surface area contributed by atoms with Crippen molar-refractivity contribution in [3.8, 4) is 0 Å². The van der Waals surface area contributed by atoms with Crippen LogP contribution in [0, 0.1) is 0 Å². The third kappa shape index (κ3) is 6.65. The Morgan fingerprint density at radius 1 is 0.818 bits per heavy atom. The summed E-state index contributed by atoms with van der Waals surface area (Å²) < 4.78 is 0. The van der Waals surface area contributed by atoms with Gasteiger partial charge in [0.1, 0.15) is 6.54 Å². The number of hydrogen-bond donors (Lipinski definition) is 3. The highest BCUT2D eigenvalue weighted by Gasteiger charge is 2.22. The van der Waals surface area contributed by atoms with E-state index in [1.54, 1.807) is 55.6 Å². The number of nitrogens with zero attached hydrogens (tertiary/aromatic N) is 2. The van der Waals surface area contributed by atoms with E-state index in [-0.39, 0.29) is 25.6 Å². The molecule has 8 heteroatoms. The van der Waals surface area contributed by atoms with Gasteiger partial charge in [-0.25, -0.2) is 4.79 Å². The maximum Gasteiger partial charge on any atom is 0.319 e. The van der Waals surface area contributed by atoms with Crippen molar-refractivity contribution < 1.29 is 19.5 Å². The molecule has 0 bridgehead atoms. The standard InChI is InChI=1S/C25H26N4O4/c1-28(21-11-4-2-5-12-21)24(32)17-29(22-13-6-3-7-14-22)23(31)16-26-25(33)27-20-10-8-9-19(15-20)18-30/h2-15,30H,16-18H2,1H3,(H2,26,27,33). The van der Waals surface area contributed by atoms with Gasteiger partial charge in [-0.15, -0.1) is 0 Å². The summed E-state index contributed by atoms with van der Waals surface area (Å²) in [5.74, 6) is -0.709.